The quantitative estimate of drug-likeness (QED) is 0.685. The van der Waals surface area contributed by atoms with E-state index in [0.29, 0.717) is 6.42 Å². The zero-order valence-corrected chi connectivity index (χ0v) is 16.3. The number of benzene rings is 1. The number of aromatic nitrogens is 1. The van der Waals surface area contributed by atoms with Gasteiger partial charge in [-0.1, -0.05) is 36.4 Å². The van der Waals surface area contributed by atoms with Crippen molar-refractivity contribution in [1.29, 1.82) is 0 Å². The lowest BCUT2D eigenvalue weighted by atomic mass is 10.0. The molecule has 4 rings (SSSR count). The SMILES string of the molecule is CN1CCN(C(=O)Cc2csc(-c3cccs3)n2)C(c2ccccc2)C1. The number of thiophene rings is 1. The first-order valence-corrected chi connectivity index (χ1v) is 10.5. The number of nitrogens with zero attached hydrogens (tertiary/aromatic N) is 3. The van der Waals surface area contributed by atoms with Gasteiger partial charge in [0.25, 0.3) is 0 Å². The van der Waals surface area contributed by atoms with E-state index in [1.165, 1.54) is 5.56 Å². The van der Waals surface area contributed by atoms with Crippen molar-refractivity contribution in [3.8, 4) is 9.88 Å². The van der Waals surface area contributed by atoms with E-state index in [1.807, 2.05) is 34.5 Å². The molecule has 1 amide bonds. The summed E-state index contributed by atoms with van der Waals surface area (Å²) in [7, 11) is 2.12. The Kier molecular flexibility index (Phi) is 5.15. The molecule has 1 unspecified atom stereocenters. The fourth-order valence-electron chi connectivity index (χ4n) is 3.34. The predicted molar refractivity (Wildman–Crippen MR) is 108 cm³/mol. The molecule has 6 heteroatoms. The summed E-state index contributed by atoms with van der Waals surface area (Å²) >= 11 is 3.30. The summed E-state index contributed by atoms with van der Waals surface area (Å²) in [5.41, 5.74) is 2.07. The maximum Gasteiger partial charge on any atom is 0.229 e. The highest BCUT2D eigenvalue weighted by molar-refractivity contribution is 7.20. The van der Waals surface area contributed by atoms with Gasteiger partial charge in [-0.2, -0.15) is 0 Å². The highest BCUT2D eigenvalue weighted by Gasteiger charge is 2.30. The van der Waals surface area contributed by atoms with E-state index in [2.05, 4.69) is 40.5 Å². The van der Waals surface area contributed by atoms with Gasteiger partial charge in [0.1, 0.15) is 5.01 Å². The molecule has 0 spiro atoms. The number of carbonyl (C=O) groups excluding carboxylic acids is 1. The zero-order valence-electron chi connectivity index (χ0n) is 14.7. The van der Waals surface area contributed by atoms with Crippen LogP contribution in [0.3, 0.4) is 0 Å². The molecule has 1 atom stereocenters. The Morgan fingerprint density at radius 1 is 1.15 bits per heavy atom. The molecule has 134 valence electrons. The summed E-state index contributed by atoms with van der Waals surface area (Å²) in [6.45, 7) is 2.54. The van der Waals surface area contributed by atoms with Gasteiger partial charge in [-0.15, -0.1) is 22.7 Å². The molecular formula is C20H21N3OS2. The average Bonchev–Trinajstić information content (AvgIpc) is 3.34. The van der Waals surface area contributed by atoms with Crippen LogP contribution < -0.4 is 0 Å². The van der Waals surface area contributed by atoms with Gasteiger partial charge < -0.3 is 9.80 Å². The number of thiazole rings is 1. The molecule has 0 saturated carbocycles. The molecule has 1 aliphatic rings. The van der Waals surface area contributed by atoms with Crippen LogP contribution in [-0.4, -0.2) is 47.4 Å². The molecule has 1 saturated heterocycles. The number of hydrogen-bond acceptors (Lipinski definition) is 5. The molecule has 0 N–H and O–H groups in total. The van der Waals surface area contributed by atoms with Crippen LogP contribution in [-0.2, 0) is 11.2 Å². The van der Waals surface area contributed by atoms with Crippen molar-refractivity contribution in [2.75, 3.05) is 26.7 Å². The Morgan fingerprint density at radius 2 is 2.00 bits per heavy atom. The third-order valence-electron chi connectivity index (χ3n) is 4.70. The van der Waals surface area contributed by atoms with Crippen LogP contribution in [0.15, 0.2) is 53.2 Å². The summed E-state index contributed by atoms with van der Waals surface area (Å²) < 4.78 is 0. The minimum Gasteiger partial charge on any atom is -0.333 e. The van der Waals surface area contributed by atoms with Gasteiger partial charge in [-0.3, -0.25) is 4.79 Å². The van der Waals surface area contributed by atoms with Crippen molar-refractivity contribution in [1.82, 2.24) is 14.8 Å². The van der Waals surface area contributed by atoms with Gasteiger partial charge in [0.05, 0.1) is 23.0 Å². The predicted octanol–water partition coefficient (Wildman–Crippen LogP) is 3.93. The minimum atomic E-state index is 0.109. The van der Waals surface area contributed by atoms with Crippen LogP contribution in [0.5, 0.6) is 0 Å². The van der Waals surface area contributed by atoms with E-state index in [9.17, 15) is 4.79 Å². The van der Waals surface area contributed by atoms with Crippen molar-refractivity contribution in [3.05, 3.63) is 64.5 Å². The smallest absolute Gasteiger partial charge is 0.229 e. The first-order chi connectivity index (χ1) is 12.7. The Hall–Kier alpha value is -2.02. The fourth-order valence-corrected chi connectivity index (χ4v) is 4.97. The summed E-state index contributed by atoms with van der Waals surface area (Å²) in [4.78, 5) is 23.2. The third kappa shape index (κ3) is 3.72. The van der Waals surface area contributed by atoms with Crippen LogP contribution in [0.2, 0.25) is 0 Å². The molecule has 0 radical (unpaired) electrons. The Bertz CT molecular complexity index is 860. The highest BCUT2D eigenvalue weighted by atomic mass is 32.1. The standard InChI is InChI=1S/C20H21N3OS2/c1-22-9-10-23(17(13-22)15-6-3-2-4-7-15)19(24)12-16-14-26-20(21-16)18-8-5-11-25-18/h2-8,11,14,17H,9-10,12-13H2,1H3. The molecule has 26 heavy (non-hydrogen) atoms. The lowest BCUT2D eigenvalue weighted by Crippen LogP contribution is -2.49. The molecule has 4 nitrogen and oxygen atoms in total. The normalized spacial score (nSPS) is 18.2. The summed E-state index contributed by atoms with van der Waals surface area (Å²) in [6.07, 6.45) is 0.370. The maximum atomic E-state index is 13.0. The number of hydrogen-bond donors (Lipinski definition) is 0. The van der Waals surface area contributed by atoms with E-state index in [-0.39, 0.29) is 11.9 Å². The van der Waals surface area contributed by atoms with Crippen LogP contribution >= 0.6 is 22.7 Å². The first kappa shape index (κ1) is 17.4. The van der Waals surface area contributed by atoms with Crippen LogP contribution in [0.1, 0.15) is 17.3 Å². The van der Waals surface area contributed by atoms with Crippen molar-refractivity contribution < 1.29 is 4.79 Å². The molecule has 1 aromatic carbocycles. The van der Waals surface area contributed by atoms with E-state index in [1.54, 1.807) is 22.7 Å². The van der Waals surface area contributed by atoms with Gasteiger partial charge in [0.15, 0.2) is 0 Å². The molecule has 1 fully saturated rings. The van der Waals surface area contributed by atoms with Crippen molar-refractivity contribution in [3.63, 3.8) is 0 Å². The molecule has 2 aromatic heterocycles. The minimum absolute atomic E-state index is 0.109. The third-order valence-corrected chi connectivity index (χ3v) is 6.63. The number of piperazine rings is 1. The number of carbonyl (C=O) groups is 1. The van der Waals surface area contributed by atoms with Crippen LogP contribution in [0, 0.1) is 0 Å². The second-order valence-corrected chi connectivity index (χ2v) is 8.38. The van der Waals surface area contributed by atoms with Gasteiger partial charge in [0, 0.05) is 25.0 Å². The molecule has 0 bridgehead atoms. The van der Waals surface area contributed by atoms with E-state index < -0.39 is 0 Å². The molecule has 0 aliphatic carbocycles. The second kappa shape index (κ2) is 7.70. The lowest BCUT2D eigenvalue weighted by Gasteiger charge is -2.40. The zero-order chi connectivity index (χ0) is 17.9. The number of amides is 1. The van der Waals surface area contributed by atoms with E-state index in [4.69, 9.17) is 0 Å². The van der Waals surface area contributed by atoms with E-state index in [0.717, 1.165) is 35.2 Å². The topological polar surface area (TPSA) is 36.4 Å². The molecule has 3 heterocycles. The summed E-state index contributed by atoms with van der Waals surface area (Å²) in [5, 5.41) is 5.07. The van der Waals surface area contributed by atoms with Crippen molar-refractivity contribution in [2.45, 2.75) is 12.5 Å². The molecule has 3 aromatic rings. The van der Waals surface area contributed by atoms with Gasteiger partial charge in [-0.25, -0.2) is 4.98 Å². The average molecular weight is 384 g/mol. The number of likely N-dealkylation sites (N-methyl/N-ethyl adjacent to an activating group) is 1. The van der Waals surface area contributed by atoms with Gasteiger partial charge in [0.2, 0.25) is 5.91 Å². The summed E-state index contributed by atoms with van der Waals surface area (Å²) in [6, 6.07) is 14.5. The largest absolute Gasteiger partial charge is 0.333 e. The molecule has 1 aliphatic heterocycles. The van der Waals surface area contributed by atoms with Crippen molar-refractivity contribution >= 4 is 28.6 Å². The molecular weight excluding hydrogens is 362 g/mol. The van der Waals surface area contributed by atoms with Gasteiger partial charge in [-0.05, 0) is 24.1 Å². The van der Waals surface area contributed by atoms with Crippen LogP contribution in [0.4, 0.5) is 0 Å². The Labute approximate surface area is 161 Å². The Morgan fingerprint density at radius 3 is 2.77 bits per heavy atom. The second-order valence-electron chi connectivity index (χ2n) is 6.57. The fraction of sp³-hybridized carbons (Fsp3) is 0.300. The first-order valence-electron chi connectivity index (χ1n) is 8.72. The Balaban J connectivity index is 1.51. The lowest BCUT2D eigenvalue weighted by molar-refractivity contribution is -0.135. The maximum absolute atomic E-state index is 13.0. The highest BCUT2D eigenvalue weighted by Crippen LogP contribution is 2.29. The monoisotopic (exact) mass is 383 g/mol. The van der Waals surface area contributed by atoms with Gasteiger partial charge >= 0.3 is 0 Å². The van der Waals surface area contributed by atoms with E-state index >= 15 is 0 Å². The summed E-state index contributed by atoms with van der Waals surface area (Å²) in [5.74, 6) is 0.162. The number of rotatable bonds is 4. The van der Waals surface area contributed by atoms with Crippen LogP contribution in [0.25, 0.3) is 9.88 Å². The van der Waals surface area contributed by atoms with Crippen molar-refractivity contribution in [2.24, 2.45) is 0 Å².